The van der Waals surface area contributed by atoms with Gasteiger partial charge in [0.25, 0.3) is 0 Å². The van der Waals surface area contributed by atoms with E-state index in [1.54, 1.807) is 19.2 Å². The number of benzene rings is 1. The first kappa shape index (κ1) is 23.8. The maximum atomic E-state index is 13.6. The van der Waals surface area contributed by atoms with E-state index >= 15 is 0 Å². The summed E-state index contributed by atoms with van der Waals surface area (Å²) in [7, 11) is 2.88. The number of nitrogens with one attached hydrogen (secondary N) is 1. The monoisotopic (exact) mass is 481 g/mol. The highest BCUT2D eigenvalue weighted by Crippen LogP contribution is 2.46. The number of rotatable bonds is 6. The Hall–Kier alpha value is -3.39. The third-order valence-electron chi connectivity index (χ3n) is 6.32. The molecule has 8 heteroatoms. The SMILES string of the molecule is COC(=O)[C@@H]1C(=O)C2=C(C[C@@H]1C)NC(C)=C(C(=O)OCc1ccc(OC)cc1)[C@H]2c1cccs1. The van der Waals surface area contributed by atoms with Crippen molar-refractivity contribution in [3.63, 3.8) is 0 Å². The Kier molecular flexibility index (Phi) is 6.88. The van der Waals surface area contributed by atoms with Gasteiger partial charge < -0.3 is 19.5 Å². The van der Waals surface area contributed by atoms with Gasteiger partial charge >= 0.3 is 11.9 Å². The molecule has 2 aliphatic rings. The van der Waals surface area contributed by atoms with Gasteiger partial charge in [-0.3, -0.25) is 9.59 Å². The molecular weight excluding hydrogens is 454 g/mol. The number of ether oxygens (including phenoxy) is 3. The summed E-state index contributed by atoms with van der Waals surface area (Å²) in [5.41, 5.74) is 3.03. The van der Waals surface area contributed by atoms with Crippen molar-refractivity contribution in [2.75, 3.05) is 14.2 Å². The first-order valence-corrected chi connectivity index (χ1v) is 11.9. The molecule has 2 heterocycles. The highest BCUT2D eigenvalue weighted by atomic mass is 32.1. The van der Waals surface area contributed by atoms with Crippen molar-refractivity contribution in [3.8, 4) is 5.75 Å². The molecular formula is C26H27NO6S. The number of hydrogen-bond acceptors (Lipinski definition) is 8. The van der Waals surface area contributed by atoms with E-state index in [1.165, 1.54) is 18.4 Å². The Bertz CT molecular complexity index is 1160. The molecule has 0 amide bonds. The average Bonchev–Trinajstić information content (AvgIpc) is 3.36. The molecule has 2 aromatic rings. The summed E-state index contributed by atoms with van der Waals surface area (Å²) in [5, 5.41) is 5.17. The third-order valence-corrected chi connectivity index (χ3v) is 7.26. The van der Waals surface area contributed by atoms with Crippen LogP contribution in [0.15, 0.2) is 64.3 Å². The number of methoxy groups -OCH3 is 2. The highest BCUT2D eigenvalue weighted by molar-refractivity contribution is 7.10. The number of carbonyl (C=O) groups excluding carboxylic acids is 3. The zero-order valence-electron chi connectivity index (χ0n) is 19.5. The van der Waals surface area contributed by atoms with Crippen molar-refractivity contribution in [3.05, 3.63) is 74.8 Å². The van der Waals surface area contributed by atoms with Gasteiger partial charge in [-0.15, -0.1) is 11.3 Å². The number of esters is 2. The standard InChI is InChI=1S/C26H27NO6S/c1-14-12-18-22(24(28)20(14)25(29)32-4)23(19-6-5-11-34-19)21(15(2)27-18)26(30)33-13-16-7-9-17(31-3)10-8-16/h5-11,14,20,23,27H,12-13H2,1-4H3/t14-,20-,23+/m0/s1. The number of thiophene rings is 1. The first-order valence-electron chi connectivity index (χ1n) is 11.0. The Morgan fingerprint density at radius 1 is 1.15 bits per heavy atom. The van der Waals surface area contributed by atoms with Gasteiger partial charge in [-0.25, -0.2) is 4.79 Å². The van der Waals surface area contributed by atoms with Gasteiger partial charge in [0.2, 0.25) is 0 Å². The number of ketones is 1. The van der Waals surface area contributed by atoms with E-state index < -0.39 is 23.8 Å². The average molecular weight is 482 g/mol. The lowest BCUT2D eigenvalue weighted by Gasteiger charge is -2.37. The molecule has 0 spiro atoms. The van der Waals surface area contributed by atoms with Crippen LogP contribution in [0.25, 0.3) is 0 Å². The molecule has 0 fully saturated rings. The minimum Gasteiger partial charge on any atom is -0.497 e. The lowest BCUT2D eigenvalue weighted by molar-refractivity contribution is -0.151. The van der Waals surface area contributed by atoms with E-state index in [1.807, 2.05) is 43.5 Å². The van der Waals surface area contributed by atoms with Gasteiger partial charge in [0.15, 0.2) is 5.78 Å². The van der Waals surface area contributed by atoms with Gasteiger partial charge in [0, 0.05) is 21.8 Å². The molecule has 0 radical (unpaired) electrons. The van der Waals surface area contributed by atoms with Crippen molar-refractivity contribution in [2.45, 2.75) is 32.8 Å². The minimum absolute atomic E-state index is 0.0818. The summed E-state index contributed by atoms with van der Waals surface area (Å²) < 4.78 is 15.8. The summed E-state index contributed by atoms with van der Waals surface area (Å²) in [6.07, 6.45) is 0.508. The predicted octanol–water partition coefficient (Wildman–Crippen LogP) is 4.11. The summed E-state index contributed by atoms with van der Waals surface area (Å²) >= 11 is 1.46. The maximum Gasteiger partial charge on any atom is 0.337 e. The fraction of sp³-hybridized carbons (Fsp3) is 0.346. The number of allylic oxidation sites excluding steroid dienone is 3. The number of hydrogen-bond donors (Lipinski definition) is 1. The second kappa shape index (κ2) is 9.85. The van der Waals surface area contributed by atoms with Crippen LogP contribution in [0.2, 0.25) is 0 Å². The second-order valence-corrected chi connectivity index (χ2v) is 9.45. The molecule has 1 aromatic carbocycles. The topological polar surface area (TPSA) is 90.9 Å². The molecule has 0 bridgehead atoms. The largest absolute Gasteiger partial charge is 0.497 e. The zero-order chi connectivity index (χ0) is 24.4. The summed E-state index contributed by atoms with van der Waals surface area (Å²) in [4.78, 5) is 40.3. The van der Waals surface area contributed by atoms with Crippen molar-refractivity contribution < 1.29 is 28.6 Å². The van der Waals surface area contributed by atoms with Crippen LogP contribution in [0.1, 0.15) is 36.6 Å². The Morgan fingerprint density at radius 3 is 2.50 bits per heavy atom. The zero-order valence-corrected chi connectivity index (χ0v) is 20.4. The predicted molar refractivity (Wildman–Crippen MR) is 127 cm³/mol. The molecule has 7 nitrogen and oxygen atoms in total. The molecule has 34 heavy (non-hydrogen) atoms. The van der Waals surface area contributed by atoms with E-state index in [9.17, 15) is 14.4 Å². The Balaban J connectivity index is 1.67. The Labute approximate surface area is 202 Å². The third kappa shape index (κ3) is 4.37. The molecule has 3 atom stereocenters. The van der Waals surface area contributed by atoms with Crippen molar-refractivity contribution in [2.24, 2.45) is 11.8 Å². The van der Waals surface area contributed by atoms with Crippen molar-refractivity contribution in [1.29, 1.82) is 0 Å². The lowest BCUT2D eigenvalue weighted by atomic mass is 9.70. The normalized spacial score (nSPS) is 22.1. The number of carbonyl (C=O) groups is 3. The smallest absolute Gasteiger partial charge is 0.337 e. The van der Waals surface area contributed by atoms with E-state index in [0.717, 1.165) is 16.1 Å². The van der Waals surface area contributed by atoms with Crippen molar-refractivity contribution in [1.82, 2.24) is 5.32 Å². The van der Waals surface area contributed by atoms with Gasteiger partial charge in [0.1, 0.15) is 18.3 Å². The molecule has 0 saturated carbocycles. The summed E-state index contributed by atoms with van der Waals surface area (Å²) in [5.74, 6) is -2.37. The van der Waals surface area contributed by atoms with Gasteiger partial charge in [-0.2, -0.15) is 0 Å². The summed E-state index contributed by atoms with van der Waals surface area (Å²) in [6.45, 7) is 3.76. The maximum absolute atomic E-state index is 13.6. The van der Waals surface area contributed by atoms with Gasteiger partial charge in [-0.05, 0) is 48.4 Å². The van der Waals surface area contributed by atoms with Crippen LogP contribution in [0.4, 0.5) is 0 Å². The van der Waals surface area contributed by atoms with E-state index in [2.05, 4.69) is 5.32 Å². The Morgan fingerprint density at radius 2 is 1.88 bits per heavy atom. The van der Waals surface area contributed by atoms with Crippen LogP contribution in [0.3, 0.4) is 0 Å². The molecule has 1 aliphatic heterocycles. The fourth-order valence-corrected chi connectivity index (χ4v) is 5.48. The van der Waals surface area contributed by atoms with Crippen LogP contribution in [-0.2, 0) is 30.5 Å². The lowest BCUT2D eigenvalue weighted by Crippen LogP contribution is -2.43. The first-order chi connectivity index (χ1) is 16.3. The minimum atomic E-state index is -0.900. The summed E-state index contributed by atoms with van der Waals surface area (Å²) in [6, 6.07) is 11.0. The molecule has 4 rings (SSSR count). The molecule has 1 aliphatic carbocycles. The van der Waals surface area contributed by atoms with E-state index in [-0.39, 0.29) is 18.3 Å². The van der Waals surface area contributed by atoms with Crippen LogP contribution in [0, 0.1) is 11.8 Å². The fourth-order valence-electron chi connectivity index (χ4n) is 4.64. The van der Waals surface area contributed by atoms with E-state index in [0.29, 0.717) is 29.0 Å². The van der Waals surface area contributed by atoms with Gasteiger partial charge in [0.05, 0.1) is 25.7 Å². The quantitative estimate of drug-likeness (QED) is 0.490. The van der Waals surface area contributed by atoms with Crippen LogP contribution >= 0.6 is 11.3 Å². The second-order valence-electron chi connectivity index (χ2n) is 8.48. The van der Waals surface area contributed by atoms with Gasteiger partial charge in [-0.1, -0.05) is 25.1 Å². The van der Waals surface area contributed by atoms with Crippen LogP contribution in [0.5, 0.6) is 5.75 Å². The van der Waals surface area contributed by atoms with Crippen molar-refractivity contribution >= 4 is 29.1 Å². The molecule has 1 N–H and O–H groups in total. The number of dihydropyridines is 1. The number of Topliss-reactive ketones (excluding diaryl/α,β-unsaturated/α-hetero) is 1. The van der Waals surface area contributed by atoms with Crippen LogP contribution < -0.4 is 10.1 Å². The molecule has 0 saturated heterocycles. The van der Waals surface area contributed by atoms with Crippen LogP contribution in [-0.4, -0.2) is 31.9 Å². The molecule has 0 unspecified atom stereocenters. The molecule has 178 valence electrons. The molecule has 1 aromatic heterocycles. The van der Waals surface area contributed by atoms with E-state index in [4.69, 9.17) is 14.2 Å². The highest BCUT2D eigenvalue weighted by Gasteiger charge is 2.47.